The Morgan fingerprint density at radius 3 is 2.66 bits per heavy atom. The number of hydrogen-bond donors (Lipinski definition) is 1. The van der Waals surface area contributed by atoms with Gasteiger partial charge in [-0.05, 0) is 61.6 Å². The molecule has 1 aromatic heterocycles. The van der Waals surface area contributed by atoms with E-state index in [0.717, 1.165) is 18.4 Å². The van der Waals surface area contributed by atoms with Gasteiger partial charge in [0.15, 0.2) is 5.60 Å². The molecule has 1 aliphatic heterocycles. The van der Waals surface area contributed by atoms with Crippen molar-refractivity contribution < 1.29 is 28.6 Å². The average Bonchev–Trinajstić information content (AvgIpc) is 3.80. The Bertz CT molecular complexity index is 1380. The number of hydrogen-bond acceptors (Lipinski definition) is 6. The summed E-state index contributed by atoms with van der Waals surface area (Å²) in [5.74, 6) is -2.27. The van der Waals surface area contributed by atoms with Crippen molar-refractivity contribution in [2.75, 3.05) is 13.7 Å². The number of rotatable bonds is 8. The van der Waals surface area contributed by atoms with Gasteiger partial charge in [-0.15, -0.1) is 0 Å². The molecule has 4 unspecified atom stereocenters. The molecule has 2 fully saturated rings. The largest absolute Gasteiger partial charge is 0.465 e. The minimum Gasteiger partial charge on any atom is -0.465 e. The first-order chi connectivity index (χ1) is 19.6. The highest BCUT2D eigenvalue weighted by Crippen LogP contribution is 2.49. The van der Waals surface area contributed by atoms with Crippen LogP contribution in [0.5, 0.6) is 0 Å². The monoisotopic (exact) mass is 602 g/mol. The van der Waals surface area contributed by atoms with Crippen molar-refractivity contribution in [3.63, 3.8) is 0 Å². The van der Waals surface area contributed by atoms with Crippen molar-refractivity contribution in [2.24, 2.45) is 17.8 Å². The third-order valence-electron chi connectivity index (χ3n) is 8.42. The van der Waals surface area contributed by atoms with E-state index in [-0.39, 0.29) is 35.4 Å². The zero-order valence-corrected chi connectivity index (χ0v) is 24.6. The summed E-state index contributed by atoms with van der Waals surface area (Å²) in [5, 5.41) is 11.1. The summed E-state index contributed by atoms with van der Waals surface area (Å²) < 4.78 is 26.8. The molecule has 1 N–H and O–H groups in total. The number of amides is 1. The number of nitrogens with zero attached hydrogens (tertiary/aromatic N) is 2. The number of aliphatic hydroxyl groups excluding tert-OH is 1. The highest BCUT2D eigenvalue weighted by Gasteiger charge is 2.57. The Hall–Kier alpha value is -2.78. The Morgan fingerprint density at radius 1 is 1.29 bits per heavy atom. The van der Waals surface area contributed by atoms with Gasteiger partial charge in [0.2, 0.25) is 0 Å². The predicted molar refractivity (Wildman–Crippen MR) is 153 cm³/mol. The maximum Gasteiger partial charge on any atom is 0.339 e. The number of benzene rings is 1. The van der Waals surface area contributed by atoms with E-state index in [0.29, 0.717) is 10.7 Å². The third-order valence-corrected chi connectivity index (χ3v) is 8.96. The van der Waals surface area contributed by atoms with E-state index < -0.39 is 47.4 Å². The van der Waals surface area contributed by atoms with Crippen LogP contribution in [0, 0.1) is 17.8 Å². The number of aliphatic hydroxyl groups is 1. The van der Waals surface area contributed by atoms with Gasteiger partial charge in [-0.1, -0.05) is 48.3 Å². The Balaban J connectivity index is 1.61. The standard InChI is InChI=1S/C31H33Cl2FN2O5/c1-17-23(11-12-24(33)26(17)34)27-28(19-5-4-6-21(32)13-19)41-31(2,30(39)36(27)25(16-37)18-7-8-18)14-22-10-9-20(15-35-22)29(38)40-3/h4-6,9-13,15,17-18,23,25,27-28,37H,7-8,14,16H2,1-3H3/t17?,23?,25?,27?,28-,31-/m1/s1. The maximum atomic E-state index is 15.2. The zero-order valence-electron chi connectivity index (χ0n) is 23.1. The number of carbonyl (C=O) groups excluding carboxylic acids is 2. The zero-order chi connectivity index (χ0) is 29.5. The first kappa shape index (κ1) is 29.7. The minimum absolute atomic E-state index is 0.0369. The van der Waals surface area contributed by atoms with Gasteiger partial charge in [0, 0.05) is 35.2 Å². The van der Waals surface area contributed by atoms with Crippen LogP contribution in [-0.2, 0) is 20.7 Å². The second-order valence-electron chi connectivity index (χ2n) is 11.2. The van der Waals surface area contributed by atoms with Crippen LogP contribution in [0.4, 0.5) is 4.39 Å². The van der Waals surface area contributed by atoms with Gasteiger partial charge < -0.3 is 19.5 Å². The summed E-state index contributed by atoms with van der Waals surface area (Å²) in [4.78, 5) is 32.6. The molecule has 2 heterocycles. The molecule has 5 rings (SSSR count). The second kappa shape index (κ2) is 11.8. The number of carbonyl (C=O) groups is 2. The van der Waals surface area contributed by atoms with Gasteiger partial charge in [0.25, 0.3) is 5.91 Å². The maximum absolute atomic E-state index is 15.2. The summed E-state index contributed by atoms with van der Waals surface area (Å²) >= 11 is 12.6. The van der Waals surface area contributed by atoms with Crippen molar-refractivity contribution in [2.45, 2.75) is 56.9 Å². The van der Waals surface area contributed by atoms with Gasteiger partial charge in [-0.3, -0.25) is 9.78 Å². The van der Waals surface area contributed by atoms with Crippen LogP contribution in [0.25, 0.3) is 0 Å². The molecule has 10 heteroatoms. The highest BCUT2D eigenvalue weighted by atomic mass is 35.5. The number of allylic oxidation sites excluding steroid dienone is 3. The van der Waals surface area contributed by atoms with Gasteiger partial charge in [-0.25, -0.2) is 9.18 Å². The molecule has 1 saturated carbocycles. The molecule has 1 amide bonds. The Kier molecular flexibility index (Phi) is 8.58. The lowest BCUT2D eigenvalue weighted by atomic mass is 9.75. The number of morpholine rings is 1. The number of aromatic nitrogens is 1. The molecule has 3 aliphatic rings. The smallest absolute Gasteiger partial charge is 0.339 e. The van der Waals surface area contributed by atoms with Crippen LogP contribution < -0.4 is 0 Å². The first-order valence-corrected chi connectivity index (χ1v) is 14.5. The fourth-order valence-electron chi connectivity index (χ4n) is 6.08. The van der Waals surface area contributed by atoms with E-state index in [1.54, 1.807) is 43.0 Å². The predicted octanol–water partition coefficient (Wildman–Crippen LogP) is 5.80. The number of methoxy groups -OCH3 is 1. The highest BCUT2D eigenvalue weighted by molar-refractivity contribution is 6.31. The lowest BCUT2D eigenvalue weighted by Crippen LogP contribution is -2.67. The molecule has 0 spiro atoms. The minimum atomic E-state index is -1.39. The number of pyridine rings is 1. The van der Waals surface area contributed by atoms with Crippen molar-refractivity contribution in [1.29, 1.82) is 0 Å². The summed E-state index contributed by atoms with van der Waals surface area (Å²) in [6.07, 6.45) is 5.93. The molecule has 0 bridgehead atoms. The molecular weight excluding hydrogens is 570 g/mol. The average molecular weight is 604 g/mol. The van der Waals surface area contributed by atoms with Gasteiger partial charge in [0.05, 0.1) is 36.4 Å². The van der Waals surface area contributed by atoms with Gasteiger partial charge >= 0.3 is 5.97 Å². The SMILES string of the molecule is COC(=O)c1ccc(C[C@@]2(C)O[C@H](c3cccc(Cl)c3)C(C3C=CC(Cl)=C(F)C3C)N(C(CO)C3CC3)C2=O)nc1. The molecule has 2 aromatic rings. The fraction of sp³-hybridized carbons (Fsp3) is 0.452. The number of halogens is 3. The second-order valence-corrected chi connectivity index (χ2v) is 12.1. The van der Waals surface area contributed by atoms with Crippen LogP contribution in [0.2, 0.25) is 5.02 Å². The van der Waals surface area contributed by atoms with Crippen LogP contribution in [0.1, 0.15) is 54.4 Å². The van der Waals surface area contributed by atoms with E-state index in [4.69, 9.17) is 32.7 Å². The molecule has 1 aromatic carbocycles. The lowest BCUT2D eigenvalue weighted by molar-refractivity contribution is -0.209. The van der Waals surface area contributed by atoms with Crippen LogP contribution in [0.3, 0.4) is 0 Å². The molecular formula is C31H33Cl2FN2O5. The van der Waals surface area contributed by atoms with E-state index >= 15 is 4.39 Å². The van der Waals surface area contributed by atoms with Gasteiger partial charge in [-0.2, -0.15) is 0 Å². The molecule has 0 radical (unpaired) electrons. The number of esters is 1. The molecule has 2 aliphatic carbocycles. The molecule has 6 atom stereocenters. The van der Waals surface area contributed by atoms with Crippen LogP contribution in [-0.4, -0.2) is 58.3 Å². The van der Waals surface area contributed by atoms with Crippen molar-refractivity contribution in [3.8, 4) is 0 Å². The van der Waals surface area contributed by atoms with Crippen LogP contribution in [0.15, 0.2) is 65.6 Å². The number of ether oxygens (including phenoxy) is 2. The van der Waals surface area contributed by atoms with Gasteiger partial charge in [0.1, 0.15) is 11.9 Å². The van der Waals surface area contributed by atoms with Crippen molar-refractivity contribution in [1.82, 2.24) is 9.88 Å². The van der Waals surface area contributed by atoms with E-state index in [9.17, 15) is 14.7 Å². The van der Waals surface area contributed by atoms with E-state index in [2.05, 4.69) is 4.98 Å². The molecule has 41 heavy (non-hydrogen) atoms. The summed E-state index contributed by atoms with van der Waals surface area (Å²) in [5.41, 5.74) is 0.167. The summed E-state index contributed by atoms with van der Waals surface area (Å²) in [7, 11) is 1.29. The topological polar surface area (TPSA) is 89.0 Å². The third kappa shape index (κ3) is 5.80. The Labute approximate surface area is 248 Å². The molecule has 7 nitrogen and oxygen atoms in total. The van der Waals surface area contributed by atoms with E-state index in [1.165, 1.54) is 19.4 Å². The lowest BCUT2D eigenvalue weighted by Gasteiger charge is -2.54. The van der Waals surface area contributed by atoms with Crippen LogP contribution >= 0.6 is 23.2 Å². The fourth-order valence-corrected chi connectivity index (χ4v) is 6.52. The quantitative estimate of drug-likeness (QED) is 0.384. The van der Waals surface area contributed by atoms with E-state index in [1.807, 2.05) is 18.2 Å². The summed E-state index contributed by atoms with van der Waals surface area (Å²) in [6.45, 7) is 3.22. The van der Waals surface area contributed by atoms with Crippen molar-refractivity contribution in [3.05, 3.63) is 87.4 Å². The normalized spacial score (nSPS) is 29.0. The molecule has 1 saturated heterocycles. The Morgan fingerprint density at radius 2 is 2.05 bits per heavy atom. The van der Waals surface area contributed by atoms with Crippen molar-refractivity contribution >= 4 is 35.1 Å². The molecule has 218 valence electrons. The summed E-state index contributed by atoms with van der Waals surface area (Å²) in [6, 6.07) is 9.36. The first-order valence-electron chi connectivity index (χ1n) is 13.7.